The summed E-state index contributed by atoms with van der Waals surface area (Å²) in [5.41, 5.74) is 3.01. The fourth-order valence-electron chi connectivity index (χ4n) is 1.98. The molecule has 0 aliphatic rings. The third-order valence-electron chi connectivity index (χ3n) is 2.92. The molecule has 88 valence electrons. The number of aromatic amines is 1. The van der Waals surface area contributed by atoms with Crippen LogP contribution in [0.5, 0.6) is 0 Å². The van der Waals surface area contributed by atoms with Gasteiger partial charge in [-0.05, 0) is 29.3 Å². The number of aromatic nitrogens is 3. The second kappa shape index (κ2) is 3.84. The molecule has 4 nitrogen and oxygen atoms in total. The van der Waals surface area contributed by atoms with Crippen molar-refractivity contribution in [2.24, 2.45) is 0 Å². The monoisotopic (exact) mass is 241 g/mol. The Morgan fingerprint density at radius 1 is 1.28 bits per heavy atom. The van der Waals surface area contributed by atoms with Crippen molar-refractivity contribution in [2.45, 2.75) is 0 Å². The maximum absolute atomic E-state index is 12.9. The Labute approximate surface area is 102 Å². The average Bonchev–Trinajstić information content (AvgIpc) is 2.71. The van der Waals surface area contributed by atoms with Crippen LogP contribution in [0.1, 0.15) is 0 Å². The van der Waals surface area contributed by atoms with Gasteiger partial charge < -0.3 is 0 Å². The molecule has 0 fully saturated rings. The molecule has 6 heteroatoms. The summed E-state index contributed by atoms with van der Waals surface area (Å²) in [6.07, 6.45) is 1.71. The molecule has 0 saturated carbocycles. The van der Waals surface area contributed by atoms with Crippen LogP contribution in [0, 0.1) is 5.82 Å². The molecule has 0 saturated heterocycles. The van der Waals surface area contributed by atoms with E-state index in [1.807, 2.05) is 13.9 Å². The van der Waals surface area contributed by atoms with Gasteiger partial charge in [0.15, 0.2) is 5.65 Å². The molecule has 2 heterocycles. The Bertz CT molecular complexity index is 776. The van der Waals surface area contributed by atoms with E-state index in [4.69, 9.17) is 0 Å². The molecule has 0 unspecified atom stereocenters. The first kappa shape index (κ1) is 10.8. The maximum atomic E-state index is 12.9. The zero-order chi connectivity index (χ0) is 12.7. The second-order valence-electron chi connectivity index (χ2n) is 4.13. The minimum atomic E-state index is -0.284. The van der Waals surface area contributed by atoms with Crippen LogP contribution in [-0.2, 0) is 0 Å². The molecular formula is C12H9BFN3O. The number of pyridine rings is 1. The first-order valence-electron chi connectivity index (χ1n) is 5.48. The summed E-state index contributed by atoms with van der Waals surface area (Å²) in [4.78, 5) is 11.5. The van der Waals surface area contributed by atoms with E-state index in [2.05, 4.69) is 10.2 Å². The lowest BCUT2D eigenvalue weighted by atomic mass is 9.88. The maximum Gasteiger partial charge on any atom is 0.347 e. The second-order valence-corrected chi connectivity index (χ2v) is 4.13. The van der Waals surface area contributed by atoms with Crippen molar-refractivity contribution in [1.29, 1.82) is 0 Å². The third kappa shape index (κ3) is 1.62. The summed E-state index contributed by atoms with van der Waals surface area (Å²) in [6, 6.07) is 7.99. The van der Waals surface area contributed by atoms with Gasteiger partial charge in [0.25, 0.3) is 0 Å². The summed E-state index contributed by atoms with van der Waals surface area (Å²) in [5.74, 6) is -0.280. The molecule has 2 aromatic heterocycles. The van der Waals surface area contributed by atoms with Gasteiger partial charge in [-0.25, -0.2) is 18.7 Å². The highest BCUT2D eigenvalue weighted by atomic mass is 19.1. The predicted molar refractivity (Wildman–Crippen MR) is 69.4 cm³/mol. The highest BCUT2D eigenvalue weighted by Crippen LogP contribution is 2.17. The molecule has 18 heavy (non-hydrogen) atoms. The number of fused-ring (bicyclic) bond motifs is 1. The van der Waals surface area contributed by atoms with Crippen molar-refractivity contribution < 1.29 is 4.39 Å². The first-order chi connectivity index (χ1) is 8.65. The predicted octanol–water partition coefficient (Wildman–Crippen LogP) is 0.0871. The summed E-state index contributed by atoms with van der Waals surface area (Å²) in [5, 5.41) is 6.28. The molecule has 0 spiro atoms. The minimum Gasteiger partial charge on any atom is -0.250 e. The minimum absolute atomic E-state index is 0.280. The van der Waals surface area contributed by atoms with Crippen molar-refractivity contribution in [3.8, 4) is 11.1 Å². The van der Waals surface area contributed by atoms with Crippen molar-refractivity contribution in [3.63, 3.8) is 0 Å². The molecule has 3 aromatic rings. The lowest BCUT2D eigenvalue weighted by Crippen LogP contribution is -2.14. The van der Waals surface area contributed by atoms with Crippen molar-refractivity contribution in [1.82, 2.24) is 14.6 Å². The Balaban J connectivity index is 2.27. The van der Waals surface area contributed by atoms with Gasteiger partial charge in [-0.2, -0.15) is 5.10 Å². The fraction of sp³-hybridized carbons (Fsp3) is 0. The molecule has 1 aromatic carbocycles. The topological polar surface area (TPSA) is 50.2 Å². The summed E-state index contributed by atoms with van der Waals surface area (Å²) in [7, 11) is 1.93. The number of hydrogen-bond acceptors (Lipinski definition) is 2. The van der Waals surface area contributed by atoms with Gasteiger partial charge in [0, 0.05) is 6.20 Å². The highest BCUT2D eigenvalue weighted by Gasteiger charge is 2.07. The highest BCUT2D eigenvalue weighted by molar-refractivity contribution is 6.36. The Morgan fingerprint density at radius 3 is 2.72 bits per heavy atom. The SMILES string of the molecule is Bc1cc2n[nH]c(=O)n2cc1-c1ccc(F)cc1. The van der Waals surface area contributed by atoms with Gasteiger partial charge in [0.05, 0.1) is 0 Å². The number of hydrogen-bond donors (Lipinski definition) is 1. The molecule has 0 amide bonds. The normalized spacial score (nSPS) is 10.9. The van der Waals surface area contributed by atoms with Crippen LogP contribution in [-0.4, -0.2) is 22.4 Å². The Kier molecular flexibility index (Phi) is 2.29. The van der Waals surface area contributed by atoms with E-state index in [1.54, 1.807) is 18.3 Å². The van der Waals surface area contributed by atoms with E-state index < -0.39 is 0 Å². The number of rotatable bonds is 1. The van der Waals surface area contributed by atoms with E-state index >= 15 is 0 Å². The molecule has 0 aliphatic carbocycles. The van der Waals surface area contributed by atoms with Gasteiger partial charge in [-0.3, -0.25) is 0 Å². The fourth-order valence-corrected chi connectivity index (χ4v) is 1.98. The van der Waals surface area contributed by atoms with Crippen molar-refractivity contribution in [2.75, 3.05) is 0 Å². The number of H-pyrrole nitrogens is 1. The summed E-state index contributed by atoms with van der Waals surface area (Å²) >= 11 is 0. The summed E-state index contributed by atoms with van der Waals surface area (Å²) < 4.78 is 14.3. The van der Waals surface area contributed by atoms with Gasteiger partial charge in [-0.15, -0.1) is 0 Å². The lowest BCUT2D eigenvalue weighted by molar-refractivity contribution is 0.628. The molecule has 0 bridgehead atoms. The molecule has 0 aliphatic heterocycles. The van der Waals surface area contributed by atoms with E-state index in [0.29, 0.717) is 5.65 Å². The van der Waals surface area contributed by atoms with Crippen molar-refractivity contribution >= 4 is 19.0 Å². The van der Waals surface area contributed by atoms with Gasteiger partial charge in [0.1, 0.15) is 13.7 Å². The third-order valence-corrected chi connectivity index (χ3v) is 2.92. The molecule has 1 N–H and O–H groups in total. The molecular weight excluding hydrogens is 232 g/mol. The zero-order valence-corrected chi connectivity index (χ0v) is 9.64. The molecule has 0 radical (unpaired) electrons. The largest absolute Gasteiger partial charge is 0.347 e. The van der Waals surface area contributed by atoms with Crippen LogP contribution in [0.15, 0.2) is 41.3 Å². The van der Waals surface area contributed by atoms with Crippen LogP contribution in [0.25, 0.3) is 16.8 Å². The van der Waals surface area contributed by atoms with Gasteiger partial charge in [0.2, 0.25) is 0 Å². The lowest BCUT2D eigenvalue weighted by Gasteiger charge is -2.06. The zero-order valence-electron chi connectivity index (χ0n) is 9.64. The Morgan fingerprint density at radius 2 is 2.00 bits per heavy atom. The van der Waals surface area contributed by atoms with Crippen LogP contribution < -0.4 is 11.2 Å². The van der Waals surface area contributed by atoms with E-state index in [0.717, 1.165) is 16.6 Å². The molecule has 0 atom stereocenters. The van der Waals surface area contributed by atoms with Crippen LogP contribution in [0.4, 0.5) is 4.39 Å². The average molecular weight is 241 g/mol. The quantitative estimate of drug-likeness (QED) is 0.613. The number of nitrogens with zero attached hydrogens (tertiary/aromatic N) is 2. The van der Waals surface area contributed by atoms with E-state index in [-0.39, 0.29) is 11.5 Å². The van der Waals surface area contributed by atoms with Gasteiger partial charge >= 0.3 is 5.69 Å². The van der Waals surface area contributed by atoms with E-state index in [1.165, 1.54) is 16.5 Å². The number of nitrogens with one attached hydrogen (secondary N) is 1. The summed E-state index contributed by atoms with van der Waals surface area (Å²) in [6.45, 7) is 0. The van der Waals surface area contributed by atoms with Crippen LogP contribution in [0.3, 0.4) is 0 Å². The molecule has 3 rings (SSSR count). The smallest absolute Gasteiger partial charge is 0.250 e. The van der Waals surface area contributed by atoms with E-state index in [9.17, 15) is 9.18 Å². The first-order valence-corrected chi connectivity index (χ1v) is 5.48. The van der Waals surface area contributed by atoms with Crippen molar-refractivity contribution in [3.05, 3.63) is 52.8 Å². The van der Waals surface area contributed by atoms with Crippen LogP contribution >= 0.6 is 0 Å². The number of halogens is 1. The van der Waals surface area contributed by atoms with Crippen LogP contribution in [0.2, 0.25) is 0 Å². The van der Waals surface area contributed by atoms with Gasteiger partial charge in [-0.1, -0.05) is 17.6 Å². The standard InChI is InChI=1S/C12H9BFN3O/c13-10-5-11-15-16-12(18)17(11)6-9(10)7-1-3-8(14)4-2-7/h1-6H,13H2,(H,16,18). The Hall–Kier alpha value is -2.37. The number of benzene rings is 1.